The molecule has 0 radical (unpaired) electrons. The summed E-state index contributed by atoms with van der Waals surface area (Å²) in [7, 11) is 1.63. The molecule has 0 aliphatic rings. The van der Waals surface area contributed by atoms with E-state index < -0.39 is 5.97 Å². The molecule has 0 fully saturated rings. The molecule has 1 N–H and O–H groups in total. The van der Waals surface area contributed by atoms with E-state index in [1.807, 2.05) is 25.7 Å². The van der Waals surface area contributed by atoms with Crippen molar-refractivity contribution < 1.29 is 24.1 Å². The predicted octanol–water partition coefficient (Wildman–Crippen LogP) is 0.851. The van der Waals surface area contributed by atoms with Gasteiger partial charge in [-0.3, -0.25) is 9.69 Å². The molecule has 114 valence electrons. The number of carbonyl (C=O) groups is 1. The van der Waals surface area contributed by atoms with E-state index >= 15 is 0 Å². The third-order valence-electron chi connectivity index (χ3n) is 2.58. The van der Waals surface area contributed by atoms with Crippen LogP contribution in [0.2, 0.25) is 0 Å². The molecule has 0 saturated carbocycles. The largest absolute Gasteiger partial charge is 0.480 e. The minimum absolute atomic E-state index is 0.0250. The van der Waals surface area contributed by atoms with Crippen LogP contribution in [0, 0.1) is 0 Å². The van der Waals surface area contributed by atoms with Gasteiger partial charge in [-0.15, -0.1) is 0 Å². The van der Waals surface area contributed by atoms with Crippen LogP contribution in [0.15, 0.2) is 0 Å². The third kappa shape index (κ3) is 10.9. The Labute approximate surface area is 115 Å². The highest BCUT2D eigenvalue weighted by Crippen LogP contribution is 2.12. The molecule has 0 bridgehead atoms. The van der Waals surface area contributed by atoms with Crippen LogP contribution in [0.3, 0.4) is 0 Å². The van der Waals surface area contributed by atoms with E-state index in [0.29, 0.717) is 39.6 Å². The Morgan fingerprint density at radius 3 is 2.05 bits per heavy atom. The maximum Gasteiger partial charge on any atom is 0.317 e. The van der Waals surface area contributed by atoms with Gasteiger partial charge in [0.2, 0.25) is 0 Å². The molecule has 0 aromatic rings. The molecule has 0 spiro atoms. The second-order valence-electron chi connectivity index (χ2n) is 5.20. The Kier molecular flexibility index (Phi) is 9.77. The van der Waals surface area contributed by atoms with Crippen molar-refractivity contribution in [1.82, 2.24) is 4.90 Å². The van der Waals surface area contributed by atoms with Crippen molar-refractivity contribution in [3.8, 4) is 0 Å². The Bertz CT molecular complexity index is 240. The Morgan fingerprint density at radius 1 is 1.05 bits per heavy atom. The average molecular weight is 277 g/mol. The van der Waals surface area contributed by atoms with Crippen molar-refractivity contribution in [2.45, 2.75) is 26.3 Å². The van der Waals surface area contributed by atoms with Gasteiger partial charge in [-0.1, -0.05) is 0 Å². The SMILES string of the molecule is COCCOCCOCCN(CC(=O)O)C(C)(C)C. The lowest BCUT2D eigenvalue weighted by Crippen LogP contribution is -2.46. The van der Waals surface area contributed by atoms with E-state index in [9.17, 15) is 4.79 Å². The number of ether oxygens (including phenoxy) is 3. The summed E-state index contributed by atoms with van der Waals surface area (Å²) in [5.41, 5.74) is -0.184. The zero-order valence-electron chi connectivity index (χ0n) is 12.5. The summed E-state index contributed by atoms with van der Waals surface area (Å²) in [5, 5.41) is 8.86. The first-order valence-electron chi connectivity index (χ1n) is 6.49. The van der Waals surface area contributed by atoms with Crippen LogP contribution in [-0.4, -0.2) is 74.7 Å². The average Bonchev–Trinajstić information content (AvgIpc) is 2.29. The van der Waals surface area contributed by atoms with E-state index in [2.05, 4.69) is 0 Å². The van der Waals surface area contributed by atoms with Gasteiger partial charge in [0.15, 0.2) is 0 Å². The maximum absolute atomic E-state index is 10.8. The molecule has 0 aliphatic heterocycles. The zero-order chi connectivity index (χ0) is 14.7. The van der Waals surface area contributed by atoms with Crippen LogP contribution >= 0.6 is 0 Å². The monoisotopic (exact) mass is 277 g/mol. The molecular weight excluding hydrogens is 250 g/mol. The minimum Gasteiger partial charge on any atom is -0.480 e. The molecule has 0 atom stereocenters. The third-order valence-corrected chi connectivity index (χ3v) is 2.58. The van der Waals surface area contributed by atoms with E-state index in [4.69, 9.17) is 19.3 Å². The molecule has 0 amide bonds. The summed E-state index contributed by atoms with van der Waals surface area (Å²) in [6, 6.07) is 0. The predicted molar refractivity (Wildman–Crippen MR) is 72.5 cm³/mol. The lowest BCUT2D eigenvalue weighted by molar-refractivity contribution is -0.140. The molecule has 6 nitrogen and oxygen atoms in total. The highest BCUT2D eigenvalue weighted by Gasteiger charge is 2.22. The zero-order valence-corrected chi connectivity index (χ0v) is 12.5. The summed E-state index contributed by atoms with van der Waals surface area (Å²) in [6.07, 6.45) is 0. The minimum atomic E-state index is -0.821. The summed E-state index contributed by atoms with van der Waals surface area (Å²) in [6.45, 7) is 9.26. The summed E-state index contributed by atoms with van der Waals surface area (Å²) >= 11 is 0. The van der Waals surface area contributed by atoms with E-state index in [1.54, 1.807) is 7.11 Å². The molecule has 19 heavy (non-hydrogen) atoms. The molecule has 0 rings (SSSR count). The summed E-state index contributed by atoms with van der Waals surface area (Å²) < 4.78 is 15.5. The van der Waals surface area contributed by atoms with E-state index in [-0.39, 0.29) is 12.1 Å². The van der Waals surface area contributed by atoms with Gasteiger partial charge in [-0.25, -0.2) is 0 Å². The second kappa shape index (κ2) is 10.1. The van der Waals surface area contributed by atoms with Crippen LogP contribution < -0.4 is 0 Å². The number of methoxy groups -OCH3 is 1. The quantitative estimate of drug-likeness (QED) is 0.565. The van der Waals surface area contributed by atoms with E-state index in [0.717, 1.165) is 0 Å². The summed E-state index contributed by atoms with van der Waals surface area (Å²) in [5.74, 6) is -0.821. The van der Waals surface area contributed by atoms with Crippen molar-refractivity contribution in [2.75, 3.05) is 53.2 Å². The normalized spacial score (nSPS) is 12.1. The maximum atomic E-state index is 10.8. The lowest BCUT2D eigenvalue weighted by atomic mass is 10.1. The number of hydrogen-bond donors (Lipinski definition) is 1. The standard InChI is InChI=1S/C13H27NO5/c1-13(2,3)14(11-12(15)16)5-6-18-9-10-19-8-7-17-4/h5-11H2,1-4H3,(H,15,16). The Hall–Kier alpha value is -0.690. The number of rotatable bonds is 11. The van der Waals surface area contributed by atoms with Crippen LogP contribution in [-0.2, 0) is 19.0 Å². The van der Waals surface area contributed by atoms with Gasteiger partial charge in [-0.05, 0) is 20.8 Å². The molecule has 0 saturated heterocycles. The fraction of sp³-hybridized carbons (Fsp3) is 0.923. The molecule has 0 unspecified atom stereocenters. The fourth-order valence-electron chi connectivity index (χ4n) is 1.45. The van der Waals surface area contributed by atoms with Crippen LogP contribution in [0.4, 0.5) is 0 Å². The van der Waals surface area contributed by atoms with Crippen LogP contribution in [0.25, 0.3) is 0 Å². The van der Waals surface area contributed by atoms with Crippen molar-refractivity contribution in [3.63, 3.8) is 0 Å². The van der Waals surface area contributed by atoms with Gasteiger partial charge >= 0.3 is 5.97 Å². The smallest absolute Gasteiger partial charge is 0.317 e. The Balaban J connectivity index is 3.67. The first kappa shape index (κ1) is 18.3. The van der Waals surface area contributed by atoms with Crippen molar-refractivity contribution in [2.24, 2.45) is 0 Å². The van der Waals surface area contributed by atoms with Crippen molar-refractivity contribution >= 4 is 5.97 Å². The van der Waals surface area contributed by atoms with E-state index in [1.165, 1.54) is 0 Å². The molecular formula is C13H27NO5. The number of carboxylic acid groups (broad SMARTS) is 1. The highest BCUT2D eigenvalue weighted by molar-refractivity contribution is 5.69. The number of hydrogen-bond acceptors (Lipinski definition) is 5. The first-order chi connectivity index (χ1) is 8.88. The topological polar surface area (TPSA) is 68.2 Å². The number of aliphatic carboxylic acids is 1. The molecule has 6 heteroatoms. The number of nitrogens with zero attached hydrogens (tertiary/aromatic N) is 1. The van der Waals surface area contributed by atoms with Gasteiger partial charge in [0.1, 0.15) is 0 Å². The Morgan fingerprint density at radius 2 is 1.58 bits per heavy atom. The van der Waals surface area contributed by atoms with Crippen molar-refractivity contribution in [3.05, 3.63) is 0 Å². The number of carboxylic acids is 1. The van der Waals surface area contributed by atoms with Crippen LogP contribution in [0.5, 0.6) is 0 Å². The second-order valence-corrected chi connectivity index (χ2v) is 5.20. The van der Waals surface area contributed by atoms with Gasteiger partial charge in [0, 0.05) is 19.2 Å². The van der Waals surface area contributed by atoms with Gasteiger partial charge in [-0.2, -0.15) is 0 Å². The molecule has 0 aromatic carbocycles. The fourth-order valence-corrected chi connectivity index (χ4v) is 1.45. The van der Waals surface area contributed by atoms with Crippen molar-refractivity contribution in [1.29, 1.82) is 0 Å². The molecule has 0 aromatic heterocycles. The molecule has 0 heterocycles. The lowest BCUT2D eigenvalue weighted by Gasteiger charge is -2.34. The van der Waals surface area contributed by atoms with Crippen LogP contribution in [0.1, 0.15) is 20.8 Å². The van der Waals surface area contributed by atoms with Gasteiger partial charge < -0.3 is 19.3 Å². The first-order valence-corrected chi connectivity index (χ1v) is 6.49. The van der Waals surface area contributed by atoms with Gasteiger partial charge in [0.25, 0.3) is 0 Å². The molecule has 0 aliphatic carbocycles. The van der Waals surface area contributed by atoms with Gasteiger partial charge in [0.05, 0.1) is 39.6 Å². The summed E-state index contributed by atoms with van der Waals surface area (Å²) in [4.78, 5) is 12.7. The highest BCUT2D eigenvalue weighted by atomic mass is 16.5.